The summed E-state index contributed by atoms with van der Waals surface area (Å²) in [7, 11) is 0. The van der Waals surface area contributed by atoms with Gasteiger partial charge in [-0.15, -0.1) is 0 Å². The van der Waals surface area contributed by atoms with Crippen LogP contribution in [0.25, 0.3) is 0 Å². The van der Waals surface area contributed by atoms with Gasteiger partial charge in [-0.05, 0) is 37.0 Å². The summed E-state index contributed by atoms with van der Waals surface area (Å²) in [5.41, 5.74) is 8.73. The third-order valence-electron chi connectivity index (χ3n) is 4.64. The van der Waals surface area contributed by atoms with Crippen LogP contribution in [0, 0.1) is 0 Å². The smallest absolute Gasteiger partial charge is 0.122 e. The van der Waals surface area contributed by atoms with E-state index in [2.05, 4.69) is 30.0 Å². The zero-order valence-corrected chi connectivity index (χ0v) is 12.9. The molecule has 116 valence electrons. The Morgan fingerprint density at radius 1 is 1.38 bits per heavy atom. The molecule has 4 heteroatoms. The van der Waals surface area contributed by atoms with Crippen LogP contribution >= 0.6 is 0 Å². The minimum atomic E-state index is 0.318. The van der Waals surface area contributed by atoms with Crippen LogP contribution in [-0.2, 0) is 11.2 Å². The average molecular weight is 290 g/mol. The molecule has 1 unspecified atom stereocenters. The molecular formula is C17H26N2O2. The van der Waals surface area contributed by atoms with Crippen molar-refractivity contribution in [1.29, 1.82) is 0 Å². The Kier molecular flexibility index (Phi) is 4.78. The van der Waals surface area contributed by atoms with Crippen molar-refractivity contribution in [3.63, 3.8) is 0 Å². The lowest BCUT2D eigenvalue weighted by Crippen LogP contribution is -2.41. The largest absolute Gasteiger partial charge is 0.493 e. The molecule has 3 rings (SSSR count). The zero-order valence-electron chi connectivity index (χ0n) is 12.9. The molecule has 4 nitrogen and oxygen atoms in total. The molecule has 1 fully saturated rings. The van der Waals surface area contributed by atoms with Gasteiger partial charge in [0.25, 0.3) is 0 Å². The fourth-order valence-corrected chi connectivity index (χ4v) is 3.50. The first-order valence-electron chi connectivity index (χ1n) is 8.13. The highest BCUT2D eigenvalue weighted by Gasteiger charge is 2.26. The SMILES string of the molecule is CCOC1CCN(C(CN)c2ccc3c(c2)CCO3)CC1. The highest BCUT2D eigenvalue weighted by Crippen LogP contribution is 2.31. The van der Waals surface area contributed by atoms with Crippen LogP contribution in [0.15, 0.2) is 18.2 Å². The molecule has 1 aromatic rings. The maximum atomic E-state index is 6.07. The second-order valence-electron chi connectivity index (χ2n) is 5.91. The summed E-state index contributed by atoms with van der Waals surface area (Å²) in [6.07, 6.45) is 3.67. The number of nitrogens with zero attached hydrogens (tertiary/aromatic N) is 1. The second-order valence-corrected chi connectivity index (χ2v) is 5.91. The van der Waals surface area contributed by atoms with Gasteiger partial charge >= 0.3 is 0 Å². The highest BCUT2D eigenvalue weighted by atomic mass is 16.5. The Bertz CT molecular complexity index is 470. The van der Waals surface area contributed by atoms with Crippen LogP contribution in [0.3, 0.4) is 0 Å². The number of hydrogen-bond acceptors (Lipinski definition) is 4. The normalized spacial score (nSPS) is 21.0. The van der Waals surface area contributed by atoms with Crippen molar-refractivity contribution in [2.75, 3.05) is 32.8 Å². The van der Waals surface area contributed by atoms with E-state index in [-0.39, 0.29) is 0 Å². The van der Waals surface area contributed by atoms with E-state index in [0.717, 1.165) is 51.3 Å². The molecule has 2 heterocycles. The monoisotopic (exact) mass is 290 g/mol. The molecule has 1 aromatic carbocycles. The molecule has 2 aliphatic heterocycles. The number of ether oxygens (including phenoxy) is 2. The third-order valence-corrected chi connectivity index (χ3v) is 4.64. The third kappa shape index (κ3) is 3.23. The van der Waals surface area contributed by atoms with Gasteiger partial charge in [0.05, 0.1) is 12.7 Å². The molecule has 0 bridgehead atoms. The van der Waals surface area contributed by atoms with Crippen LogP contribution in [0.2, 0.25) is 0 Å². The van der Waals surface area contributed by atoms with Gasteiger partial charge in [-0.25, -0.2) is 0 Å². The Morgan fingerprint density at radius 3 is 2.90 bits per heavy atom. The van der Waals surface area contributed by atoms with E-state index >= 15 is 0 Å². The van der Waals surface area contributed by atoms with Gasteiger partial charge in [-0.1, -0.05) is 12.1 Å². The number of piperidine rings is 1. The summed E-state index contributed by atoms with van der Waals surface area (Å²) in [4.78, 5) is 2.51. The number of nitrogens with two attached hydrogens (primary N) is 1. The maximum absolute atomic E-state index is 6.07. The first-order chi connectivity index (χ1) is 10.3. The molecule has 1 atom stereocenters. The summed E-state index contributed by atoms with van der Waals surface area (Å²) in [6, 6.07) is 6.89. The van der Waals surface area contributed by atoms with Gasteiger partial charge in [0.15, 0.2) is 0 Å². The zero-order chi connectivity index (χ0) is 14.7. The van der Waals surface area contributed by atoms with E-state index < -0.39 is 0 Å². The fourth-order valence-electron chi connectivity index (χ4n) is 3.50. The molecule has 0 saturated carbocycles. The Balaban J connectivity index is 1.68. The first-order valence-corrected chi connectivity index (χ1v) is 8.13. The molecule has 0 spiro atoms. The van der Waals surface area contributed by atoms with Gasteiger partial charge in [-0.2, -0.15) is 0 Å². The second kappa shape index (κ2) is 6.77. The van der Waals surface area contributed by atoms with Gasteiger partial charge in [0, 0.05) is 38.7 Å². The summed E-state index contributed by atoms with van der Waals surface area (Å²) in [6.45, 7) is 6.50. The van der Waals surface area contributed by atoms with Crippen molar-refractivity contribution < 1.29 is 9.47 Å². The van der Waals surface area contributed by atoms with E-state index in [1.807, 2.05) is 0 Å². The molecule has 0 amide bonds. The molecule has 0 radical (unpaired) electrons. The van der Waals surface area contributed by atoms with E-state index in [1.54, 1.807) is 0 Å². The van der Waals surface area contributed by atoms with Crippen LogP contribution in [0.4, 0.5) is 0 Å². The highest BCUT2D eigenvalue weighted by molar-refractivity contribution is 5.41. The Morgan fingerprint density at radius 2 is 2.19 bits per heavy atom. The van der Waals surface area contributed by atoms with Crippen LogP contribution < -0.4 is 10.5 Å². The maximum Gasteiger partial charge on any atom is 0.122 e. The number of fused-ring (bicyclic) bond motifs is 1. The van der Waals surface area contributed by atoms with Gasteiger partial charge in [-0.3, -0.25) is 4.90 Å². The summed E-state index contributed by atoms with van der Waals surface area (Å²) in [5.74, 6) is 1.05. The minimum absolute atomic E-state index is 0.318. The van der Waals surface area contributed by atoms with Crippen molar-refractivity contribution >= 4 is 0 Å². The Hall–Kier alpha value is -1.10. The molecule has 21 heavy (non-hydrogen) atoms. The molecule has 0 aliphatic carbocycles. The van der Waals surface area contributed by atoms with Crippen molar-refractivity contribution in [2.45, 2.75) is 38.3 Å². The number of rotatable bonds is 5. The van der Waals surface area contributed by atoms with E-state index in [1.165, 1.54) is 11.1 Å². The predicted octanol–water partition coefficient (Wildman–Crippen LogP) is 2.12. The molecule has 1 saturated heterocycles. The molecule has 0 aromatic heterocycles. The summed E-state index contributed by atoms with van der Waals surface area (Å²) < 4.78 is 11.3. The summed E-state index contributed by atoms with van der Waals surface area (Å²) >= 11 is 0. The number of hydrogen-bond donors (Lipinski definition) is 1. The van der Waals surface area contributed by atoms with Crippen molar-refractivity contribution in [3.05, 3.63) is 29.3 Å². The topological polar surface area (TPSA) is 47.7 Å². The number of benzene rings is 1. The predicted molar refractivity (Wildman–Crippen MR) is 83.7 cm³/mol. The van der Waals surface area contributed by atoms with Gasteiger partial charge < -0.3 is 15.2 Å². The van der Waals surface area contributed by atoms with Crippen LogP contribution in [0.1, 0.15) is 36.9 Å². The number of likely N-dealkylation sites (tertiary alicyclic amines) is 1. The van der Waals surface area contributed by atoms with E-state index in [0.29, 0.717) is 18.7 Å². The van der Waals surface area contributed by atoms with Gasteiger partial charge in [0.1, 0.15) is 5.75 Å². The standard InChI is InChI=1S/C17H26N2O2/c1-2-20-15-5-8-19(9-6-15)16(12-18)13-3-4-17-14(11-13)7-10-21-17/h3-4,11,15-16H,2,5-10,12,18H2,1H3. The lowest BCUT2D eigenvalue weighted by Gasteiger charge is -2.37. The first kappa shape index (κ1) is 14.8. The Labute approximate surface area is 127 Å². The lowest BCUT2D eigenvalue weighted by atomic mass is 9.98. The van der Waals surface area contributed by atoms with Crippen molar-refractivity contribution in [2.24, 2.45) is 5.73 Å². The molecule has 2 aliphatic rings. The van der Waals surface area contributed by atoms with E-state index in [4.69, 9.17) is 15.2 Å². The fraction of sp³-hybridized carbons (Fsp3) is 0.647. The van der Waals surface area contributed by atoms with Gasteiger partial charge in [0.2, 0.25) is 0 Å². The van der Waals surface area contributed by atoms with Crippen molar-refractivity contribution in [3.8, 4) is 5.75 Å². The van der Waals surface area contributed by atoms with E-state index in [9.17, 15) is 0 Å². The van der Waals surface area contributed by atoms with Crippen molar-refractivity contribution in [1.82, 2.24) is 4.90 Å². The van der Waals surface area contributed by atoms with Crippen LogP contribution in [0.5, 0.6) is 5.75 Å². The lowest BCUT2D eigenvalue weighted by molar-refractivity contribution is 0.00451. The minimum Gasteiger partial charge on any atom is -0.493 e. The quantitative estimate of drug-likeness (QED) is 0.902. The molecule has 2 N–H and O–H groups in total. The molecular weight excluding hydrogens is 264 g/mol. The average Bonchev–Trinajstić information content (AvgIpc) is 2.98. The van der Waals surface area contributed by atoms with Crippen LogP contribution in [-0.4, -0.2) is 43.9 Å². The summed E-state index contributed by atoms with van der Waals surface area (Å²) in [5, 5.41) is 0.